The minimum atomic E-state index is -4.87. The molecular weight excluding hydrogens is 365 g/mol. The van der Waals surface area contributed by atoms with Gasteiger partial charge < -0.3 is 15.0 Å². The fraction of sp³-hybridized carbons (Fsp3) is 0.278. The number of carbonyl (C=O) groups is 1. The van der Waals surface area contributed by atoms with Crippen molar-refractivity contribution in [2.24, 2.45) is 0 Å². The molecular formula is C18H16BF4NO3. The molecule has 0 fully saturated rings. The Morgan fingerprint density at radius 2 is 1.93 bits per heavy atom. The third kappa shape index (κ3) is 4.14. The van der Waals surface area contributed by atoms with Crippen LogP contribution in [-0.4, -0.2) is 23.7 Å². The Kier molecular flexibility index (Phi) is 4.77. The highest BCUT2D eigenvalue weighted by molar-refractivity contribution is 6.61. The van der Waals surface area contributed by atoms with E-state index in [9.17, 15) is 27.4 Å². The fourth-order valence-electron chi connectivity index (χ4n) is 3.08. The number of fused-ring (bicyclic) bond motifs is 1. The summed E-state index contributed by atoms with van der Waals surface area (Å²) < 4.78 is 57.9. The molecule has 0 aliphatic carbocycles. The molecule has 1 heterocycles. The van der Waals surface area contributed by atoms with E-state index in [1.807, 2.05) is 13.8 Å². The van der Waals surface area contributed by atoms with Gasteiger partial charge in [-0.1, -0.05) is 6.07 Å². The molecule has 9 heteroatoms. The Morgan fingerprint density at radius 1 is 1.22 bits per heavy atom. The minimum absolute atomic E-state index is 0.193. The van der Waals surface area contributed by atoms with Crippen molar-refractivity contribution in [1.29, 1.82) is 0 Å². The van der Waals surface area contributed by atoms with Gasteiger partial charge in [0.15, 0.2) is 0 Å². The highest BCUT2D eigenvalue weighted by Crippen LogP contribution is 2.33. The van der Waals surface area contributed by atoms with E-state index in [1.54, 1.807) is 6.07 Å². The first kappa shape index (κ1) is 19.4. The zero-order valence-corrected chi connectivity index (χ0v) is 14.5. The largest absolute Gasteiger partial charge is 0.491 e. The predicted octanol–water partition coefficient (Wildman–Crippen LogP) is 3.14. The molecule has 2 N–H and O–H groups in total. The lowest BCUT2D eigenvalue weighted by molar-refractivity contribution is -0.138. The number of carbonyl (C=O) groups excluding carboxylic acids is 1. The summed E-state index contributed by atoms with van der Waals surface area (Å²) in [5.41, 5.74) is -1.18. The first-order chi connectivity index (χ1) is 12.5. The summed E-state index contributed by atoms with van der Waals surface area (Å²) in [6.07, 6.45) is -4.34. The van der Waals surface area contributed by atoms with Crippen molar-refractivity contribution in [2.75, 3.05) is 5.32 Å². The number of amides is 1. The van der Waals surface area contributed by atoms with Gasteiger partial charge in [0, 0.05) is 5.69 Å². The maximum Gasteiger partial charge on any atom is 0.491 e. The van der Waals surface area contributed by atoms with Crippen LogP contribution in [0.1, 0.15) is 35.3 Å². The van der Waals surface area contributed by atoms with Crippen LogP contribution in [0.25, 0.3) is 0 Å². The van der Waals surface area contributed by atoms with Crippen LogP contribution in [0, 0.1) is 5.82 Å². The van der Waals surface area contributed by atoms with E-state index in [0.717, 1.165) is 17.7 Å². The topological polar surface area (TPSA) is 58.6 Å². The van der Waals surface area contributed by atoms with Crippen molar-refractivity contribution in [1.82, 2.24) is 0 Å². The summed E-state index contributed by atoms with van der Waals surface area (Å²) in [4.78, 5) is 12.3. The average Bonchev–Trinajstić information content (AvgIpc) is 2.53. The van der Waals surface area contributed by atoms with E-state index in [0.29, 0.717) is 11.9 Å². The van der Waals surface area contributed by atoms with Gasteiger partial charge in [-0.15, -0.1) is 0 Å². The molecule has 0 spiro atoms. The Hall–Kier alpha value is -2.39. The van der Waals surface area contributed by atoms with Crippen LogP contribution in [-0.2, 0) is 17.3 Å². The van der Waals surface area contributed by atoms with Crippen molar-refractivity contribution in [3.63, 3.8) is 0 Å². The summed E-state index contributed by atoms with van der Waals surface area (Å²) in [5.74, 6) is -2.12. The van der Waals surface area contributed by atoms with Crippen molar-refractivity contribution < 1.29 is 32.0 Å². The van der Waals surface area contributed by atoms with Crippen molar-refractivity contribution in [3.8, 4) is 0 Å². The highest BCUT2D eigenvalue weighted by atomic mass is 19.4. The first-order valence-electron chi connectivity index (χ1n) is 8.13. The van der Waals surface area contributed by atoms with Gasteiger partial charge in [-0.3, -0.25) is 4.79 Å². The normalized spacial score (nSPS) is 16.0. The van der Waals surface area contributed by atoms with Crippen molar-refractivity contribution in [3.05, 3.63) is 58.9 Å². The summed E-state index contributed by atoms with van der Waals surface area (Å²) in [6.45, 7) is 3.64. The van der Waals surface area contributed by atoms with Crippen LogP contribution < -0.4 is 10.8 Å². The number of rotatable bonds is 2. The maximum absolute atomic E-state index is 13.2. The van der Waals surface area contributed by atoms with Gasteiger partial charge >= 0.3 is 13.3 Å². The summed E-state index contributed by atoms with van der Waals surface area (Å²) in [5, 5.41) is 12.5. The molecule has 2 aromatic carbocycles. The summed E-state index contributed by atoms with van der Waals surface area (Å²) >= 11 is 0. The molecule has 1 amide bonds. The lowest BCUT2D eigenvalue weighted by Gasteiger charge is -2.34. The number of nitrogens with one attached hydrogen (secondary N) is 1. The van der Waals surface area contributed by atoms with Crippen LogP contribution in [0.5, 0.6) is 0 Å². The van der Waals surface area contributed by atoms with E-state index in [2.05, 4.69) is 5.32 Å². The average molecular weight is 381 g/mol. The lowest BCUT2D eigenvalue weighted by Crippen LogP contribution is -2.50. The van der Waals surface area contributed by atoms with E-state index in [-0.39, 0.29) is 11.8 Å². The smallest absolute Gasteiger partial charge is 0.423 e. The number of hydrogen-bond acceptors (Lipinski definition) is 3. The van der Waals surface area contributed by atoms with Gasteiger partial charge in [0.1, 0.15) is 5.82 Å². The molecule has 0 atom stereocenters. The standard InChI is InChI=1S/C18H16BF4NO3/c1-17(2)9-10-3-5-12(8-15(10)19(26)27-17)24-16(25)13-6-4-11(20)7-14(13)18(21,22)23/h3-8,26H,9H2,1-2H3,(H,24,25). The lowest BCUT2D eigenvalue weighted by atomic mass is 9.70. The molecule has 3 rings (SSSR count). The van der Waals surface area contributed by atoms with Gasteiger partial charge in [-0.25, -0.2) is 4.39 Å². The van der Waals surface area contributed by atoms with E-state index in [1.165, 1.54) is 12.1 Å². The van der Waals surface area contributed by atoms with E-state index < -0.39 is 41.7 Å². The highest BCUT2D eigenvalue weighted by Gasteiger charge is 2.37. The predicted molar refractivity (Wildman–Crippen MR) is 92.3 cm³/mol. The van der Waals surface area contributed by atoms with Gasteiger partial charge in [0.2, 0.25) is 0 Å². The van der Waals surface area contributed by atoms with Crippen LogP contribution in [0.2, 0.25) is 0 Å². The van der Waals surface area contributed by atoms with E-state index in [4.69, 9.17) is 4.65 Å². The van der Waals surface area contributed by atoms with Crippen LogP contribution in [0.4, 0.5) is 23.2 Å². The zero-order valence-electron chi connectivity index (χ0n) is 14.5. The van der Waals surface area contributed by atoms with Crippen LogP contribution in [0.15, 0.2) is 36.4 Å². The van der Waals surface area contributed by atoms with Crippen LogP contribution >= 0.6 is 0 Å². The molecule has 4 nitrogen and oxygen atoms in total. The molecule has 1 aliphatic rings. The zero-order chi connectivity index (χ0) is 20.0. The van der Waals surface area contributed by atoms with Crippen molar-refractivity contribution in [2.45, 2.75) is 32.0 Å². The molecule has 0 aromatic heterocycles. The minimum Gasteiger partial charge on any atom is -0.423 e. The summed E-state index contributed by atoms with van der Waals surface area (Å²) in [6, 6.07) is 6.50. The molecule has 0 saturated heterocycles. The number of anilines is 1. The molecule has 27 heavy (non-hydrogen) atoms. The van der Waals surface area contributed by atoms with Gasteiger partial charge in [-0.05, 0) is 61.6 Å². The molecule has 0 saturated carbocycles. The Labute approximate surface area is 153 Å². The third-order valence-electron chi connectivity index (χ3n) is 4.25. The Balaban J connectivity index is 1.89. The second-order valence-electron chi connectivity index (χ2n) is 6.96. The quantitative estimate of drug-likeness (QED) is 0.621. The number of benzene rings is 2. The number of halogens is 4. The molecule has 142 valence electrons. The summed E-state index contributed by atoms with van der Waals surface area (Å²) in [7, 11) is -1.21. The SMILES string of the molecule is CC1(C)Cc2ccc(NC(=O)c3ccc(F)cc3C(F)(F)F)cc2B(O)O1. The van der Waals surface area contributed by atoms with Crippen LogP contribution in [0.3, 0.4) is 0 Å². The van der Waals surface area contributed by atoms with E-state index >= 15 is 0 Å². The molecule has 0 bridgehead atoms. The second kappa shape index (κ2) is 6.65. The molecule has 1 aliphatic heterocycles. The van der Waals surface area contributed by atoms with Crippen molar-refractivity contribution >= 4 is 24.2 Å². The molecule has 2 aromatic rings. The van der Waals surface area contributed by atoms with Gasteiger partial charge in [0.25, 0.3) is 5.91 Å². The molecule has 0 unspecified atom stereocenters. The Morgan fingerprint density at radius 3 is 2.59 bits per heavy atom. The Bertz CT molecular complexity index is 899. The second-order valence-corrected chi connectivity index (χ2v) is 6.96. The fourth-order valence-corrected chi connectivity index (χ4v) is 3.08. The monoisotopic (exact) mass is 381 g/mol. The third-order valence-corrected chi connectivity index (χ3v) is 4.25. The number of alkyl halides is 3. The molecule has 0 radical (unpaired) electrons. The number of hydrogen-bond donors (Lipinski definition) is 2. The van der Waals surface area contributed by atoms with Gasteiger partial charge in [0.05, 0.1) is 16.7 Å². The van der Waals surface area contributed by atoms with Gasteiger partial charge in [-0.2, -0.15) is 13.2 Å². The maximum atomic E-state index is 13.2. The first-order valence-corrected chi connectivity index (χ1v) is 8.13.